The normalized spacial score (nSPS) is 10.6. The van der Waals surface area contributed by atoms with Gasteiger partial charge in [0.25, 0.3) is 0 Å². The molecule has 2 aromatic carbocycles. The Balaban J connectivity index is 2.14. The molecular weight excluding hydrogens is 331 g/mol. The molecule has 0 unspecified atom stereocenters. The standard InChI is InChI=1S/C17H13FN2O5/c1-25-9-5-6-10(16(21)22)13(7-9)19-12-3-2-4-14-11(12)8-15(17(23)24)20(14)18/h2-8,19H,1H3,(H,21,22)(H,23,24). The van der Waals surface area contributed by atoms with Gasteiger partial charge in [-0.05, 0) is 30.3 Å². The average molecular weight is 344 g/mol. The van der Waals surface area contributed by atoms with Crippen LogP contribution in [0.15, 0.2) is 42.5 Å². The molecule has 0 aliphatic carbocycles. The SMILES string of the molecule is COc1ccc(C(=O)O)c(Nc2cccc3c2cc(C(=O)O)n3F)c1. The monoisotopic (exact) mass is 344 g/mol. The minimum absolute atomic E-state index is 0.00376. The summed E-state index contributed by atoms with van der Waals surface area (Å²) in [4.78, 5) is 22.6. The molecule has 0 aliphatic rings. The van der Waals surface area contributed by atoms with Crippen molar-refractivity contribution in [3.63, 3.8) is 0 Å². The van der Waals surface area contributed by atoms with Gasteiger partial charge in [-0.25, -0.2) is 9.59 Å². The number of carboxylic acid groups (broad SMARTS) is 2. The Morgan fingerprint density at radius 1 is 1.08 bits per heavy atom. The Hall–Kier alpha value is -3.55. The first-order chi connectivity index (χ1) is 11.9. The quantitative estimate of drug-likeness (QED) is 0.655. The molecule has 0 amide bonds. The number of nitrogens with one attached hydrogen (secondary N) is 1. The Bertz CT molecular complexity index is 996. The van der Waals surface area contributed by atoms with Crippen LogP contribution in [0.25, 0.3) is 10.9 Å². The number of hydrogen-bond donors (Lipinski definition) is 3. The van der Waals surface area contributed by atoms with Crippen molar-refractivity contribution in [1.82, 2.24) is 4.79 Å². The van der Waals surface area contributed by atoms with E-state index in [1.165, 1.54) is 43.5 Å². The van der Waals surface area contributed by atoms with Crippen LogP contribution < -0.4 is 10.1 Å². The van der Waals surface area contributed by atoms with Crippen molar-refractivity contribution in [2.75, 3.05) is 12.4 Å². The van der Waals surface area contributed by atoms with Crippen molar-refractivity contribution in [3.8, 4) is 5.75 Å². The van der Waals surface area contributed by atoms with Crippen molar-refractivity contribution in [3.05, 3.63) is 53.7 Å². The van der Waals surface area contributed by atoms with Gasteiger partial charge in [0.2, 0.25) is 0 Å². The van der Waals surface area contributed by atoms with Crippen LogP contribution in [0.3, 0.4) is 0 Å². The highest BCUT2D eigenvalue weighted by Crippen LogP contribution is 2.32. The third kappa shape index (κ3) is 2.85. The zero-order chi connectivity index (χ0) is 18.1. The molecule has 8 heteroatoms. The Kier molecular flexibility index (Phi) is 4.02. The highest BCUT2D eigenvalue weighted by atomic mass is 19.2. The highest BCUT2D eigenvalue weighted by Gasteiger charge is 2.18. The summed E-state index contributed by atoms with van der Waals surface area (Å²) in [7, 11) is 1.45. The molecule has 0 saturated carbocycles. The van der Waals surface area contributed by atoms with Gasteiger partial charge in [0.15, 0.2) is 5.69 Å². The number of methoxy groups -OCH3 is 1. The summed E-state index contributed by atoms with van der Waals surface area (Å²) in [5, 5.41) is 21.6. The molecule has 0 saturated heterocycles. The first-order valence-corrected chi connectivity index (χ1v) is 7.14. The molecule has 1 heterocycles. The smallest absolute Gasteiger partial charge is 0.355 e. The second-order valence-electron chi connectivity index (χ2n) is 5.20. The van der Waals surface area contributed by atoms with Gasteiger partial charge in [-0.2, -0.15) is 4.79 Å². The second kappa shape index (κ2) is 6.16. The van der Waals surface area contributed by atoms with E-state index in [1.807, 2.05) is 0 Å². The van der Waals surface area contributed by atoms with E-state index in [4.69, 9.17) is 9.84 Å². The number of carboxylic acids is 2. The first kappa shape index (κ1) is 16.3. The number of carbonyl (C=O) groups is 2. The molecule has 25 heavy (non-hydrogen) atoms. The lowest BCUT2D eigenvalue weighted by atomic mass is 10.1. The van der Waals surface area contributed by atoms with Crippen LogP contribution in [-0.4, -0.2) is 34.1 Å². The van der Waals surface area contributed by atoms with Crippen LogP contribution in [0.1, 0.15) is 20.8 Å². The maximum absolute atomic E-state index is 14.1. The maximum atomic E-state index is 14.1. The van der Waals surface area contributed by atoms with E-state index in [9.17, 15) is 19.2 Å². The van der Waals surface area contributed by atoms with E-state index in [0.29, 0.717) is 16.8 Å². The summed E-state index contributed by atoms with van der Waals surface area (Å²) >= 11 is 0. The Morgan fingerprint density at radius 2 is 1.84 bits per heavy atom. The van der Waals surface area contributed by atoms with Crippen molar-refractivity contribution < 1.29 is 29.0 Å². The largest absolute Gasteiger partial charge is 0.497 e. The summed E-state index contributed by atoms with van der Waals surface area (Å²) in [6.07, 6.45) is 0. The van der Waals surface area contributed by atoms with E-state index in [-0.39, 0.29) is 21.6 Å². The van der Waals surface area contributed by atoms with Crippen LogP contribution in [0.2, 0.25) is 0 Å². The molecule has 1 aromatic heterocycles. The minimum Gasteiger partial charge on any atom is -0.497 e. The predicted molar refractivity (Wildman–Crippen MR) is 88.6 cm³/mol. The van der Waals surface area contributed by atoms with Gasteiger partial charge in [0.1, 0.15) is 5.75 Å². The lowest BCUT2D eigenvalue weighted by Gasteiger charge is -2.12. The van der Waals surface area contributed by atoms with Gasteiger partial charge < -0.3 is 20.3 Å². The molecule has 0 bridgehead atoms. The van der Waals surface area contributed by atoms with Gasteiger partial charge in [-0.3, -0.25) is 0 Å². The Morgan fingerprint density at radius 3 is 2.48 bits per heavy atom. The number of anilines is 2. The number of halogens is 1. The molecule has 0 spiro atoms. The zero-order valence-corrected chi connectivity index (χ0v) is 13.0. The van der Waals surface area contributed by atoms with E-state index in [0.717, 1.165) is 0 Å². The van der Waals surface area contributed by atoms with E-state index in [2.05, 4.69) is 5.32 Å². The summed E-state index contributed by atoms with van der Waals surface area (Å²) in [6, 6.07) is 10.1. The molecule has 0 fully saturated rings. The number of hydrogen-bond acceptors (Lipinski definition) is 4. The molecule has 3 rings (SSSR count). The summed E-state index contributed by atoms with van der Waals surface area (Å²) in [6.45, 7) is 0. The number of aromatic nitrogens is 1. The number of benzene rings is 2. The van der Waals surface area contributed by atoms with Crippen molar-refractivity contribution in [2.24, 2.45) is 0 Å². The topological polar surface area (TPSA) is 101 Å². The number of nitrogens with zero attached hydrogens (tertiary/aromatic N) is 1. The molecule has 128 valence electrons. The number of rotatable bonds is 5. The summed E-state index contributed by atoms with van der Waals surface area (Å²) in [5.74, 6) is -2.11. The fourth-order valence-electron chi connectivity index (χ4n) is 2.54. The molecule has 0 aliphatic heterocycles. The van der Waals surface area contributed by atoms with E-state index >= 15 is 0 Å². The van der Waals surface area contributed by atoms with E-state index < -0.39 is 17.6 Å². The third-order valence-electron chi connectivity index (χ3n) is 3.73. The second-order valence-corrected chi connectivity index (χ2v) is 5.20. The number of ether oxygens (including phenoxy) is 1. The third-order valence-corrected chi connectivity index (χ3v) is 3.73. The van der Waals surface area contributed by atoms with Gasteiger partial charge in [0, 0.05) is 17.1 Å². The fourth-order valence-corrected chi connectivity index (χ4v) is 2.54. The van der Waals surface area contributed by atoms with Gasteiger partial charge in [-0.15, -0.1) is 0 Å². The number of aromatic carboxylic acids is 2. The van der Waals surface area contributed by atoms with Crippen LogP contribution in [0.5, 0.6) is 5.75 Å². The maximum Gasteiger partial charge on any atom is 0.355 e. The van der Waals surface area contributed by atoms with Gasteiger partial charge in [0.05, 0.1) is 23.9 Å². The van der Waals surface area contributed by atoms with E-state index in [1.54, 1.807) is 6.07 Å². The predicted octanol–water partition coefficient (Wildman–Crippen LogP) is 3.52. The van der Waals surface area contributed by atoms with Crippen molar-refractivity contribution in [2.45, 2.75) is 0 Å². The molecule has 3 N–H and O–H groups in total. The average Bonchev–Trinajstić information content (AvgIpc) is 2.93. The first-order valence-electron chi connectivity index (χ1n) is 7.14. The van der Waals surface area contributed by atoms with Crippen molar-refractivity contribution in [1.29, 1.82) is 0 Å². The summed E-state index contributed by atoms with van der Waals surface area (Å²) < 4.78 is 19.2. The fraction of sp³-hybridized carbons (Fsp3) is 0.0588. The number of fused-ring (bicyclic) bond motifs is 1. The van der Waals surface area contributed by atoms with Gasteiger partial charge >= 0.3 is 11.9 Å². The molecule has 0 atom stereocenters. The van der Waals surface area contributed by atoms with Crippen LogP contribution in [0, 0.1) is 0 Å². The highest BCUT2D eigenvalue weighted by molar-refractivity contribution is 6.02. The van der Waals surface area contributed by atoms with Crippen LogP contribution in [0.4, 0.5) is 15.9 Å². The molecule has 7 nitrogen and oxygen atoms in total. The van der Waals surface area contributed by atoms with Gasteiger partial charge in [-0.1, -0.05) is 10.5 Å². The molecular formula is C17H13FN2O5. The molecule has 0 radical (unpaired) electrons. The van der Waals surface area contributed by atoms with Crippen LogP contribution >= 0.6 is 0 Å². The van der Waals surface area contributed by atoms with Crippen molar-refractivity contribution >= 4 is 34.2 Å². The lowest BCUT2D eigenvalue weighted by Crippen LogP contribution is -2.03. The zero-order valence-electron chi connectivity index (χ0n) is 13.0. The molecule has 3 aromatic rings. The Labute approximate surface area is 140 Å². The minimum atomic E-state index is -1.41. The lowest BCUT2D eigenvalue weighted by molar-refractivity contribution is 0.0670. The van der Waals surface area contributed by atoms with Crippen LogP contribution in [-0.2, 0) is 0 Å². The summed E-state index contributed by atoms with van der Waals surface area (Å²) in [5.41, 5.74) is 0.140.